The van der Waals surface area contributed by atoms with Gasteiger partial charge in [0.1, 0.15) is 6.10 Å². The molecule has 0 radical (unpaired) electrons. The van der Waals surface area contributed by atoms with Gasteiger partial charge >= 0.3 is 0 Å². The van der Waals surface area contributed by atoms with E-state index in [1.54, 1.807) is 0 Å². The van der Waals surface area contributed by atoms with Gasteiger partial charge in [-0.3, -0.25) is 0 Å². The Morgan fingerprint density at radius 3 is 1.94 bits per heavy atom. The van der Waals surface area contributed by atoms with Crippen LogP contribution in [0.5, 0.6) is 0 Å². The molecule has 0 aromatic heterocycles. The van der Waals surface area contributed by atoms with Gasteiger partial charge in [-0.2, -0.15) is 0 Å². The highest BCUT2D eigenvalue weighted by molar-refractivity contribution is 5.42. The van der Waals surface area contributed by atoms with E-state index >= 15 is 0 Å². The summed E-state index contributed by atoms with van der Waals surface area (Å²) in [5, 5.41) is 10.6. The second kappa shape index (κ2) is 4.95. The molecule has 0 saturated heterocycles. The van der Waals surface area contributed by atoms with Gasteiger partial charge < -0.3 is 5.11 Å². The van der Waals surface area contributed by atoms with Gasteiger partial charge in [-0.15, -0.1) is 0 Å². The maximum atomic E-state index is 10.6. The smallest absolute Gasteiger partial charge is 0.105 e. The van der Waals surface area contributed by atoms with Gasteiger partial charge in [-0.1, -0.05) is 36.4 Å². The molecule has 0 aliphatic carbocycles. The molecule has 1 nitrogen and oxygen atoms in total. The third-order valence-electron chi connectivity index (χ3n) is 3.66. The van der Waals surface area contributed by atoms with Crippen molar-refractivity contribution in [2.75, 3.05) is 0 Å². The summed E-state index contributed by atoms with van der Waals surface area (Å²) in [4.78, 5) is 0. The molecule has 0 amide bonds. The highest BCUT2D eigenvalue weighted by Crippen LogP contribution is 2.28. The monoisotopic (exact) mass is 240 g/mol. The Balaban J connectivity index is 2.48. The second-order valence-electron chi connectivity index (χ2n) is 5.05. The lowest BCUT2D eigenvalue weighted by Gasteiger charge is -2.18. The molecule has 1 atom stereocenters. The quantitative estimate of drug-likeness (QED) is 0.841. The molecule has 0 aliphatic rings. The Hall–Kier alpha value is -1.60. The Labute approximate surface area is 109 Å². The summed E-state index contributed by atoms with van der Waals surface area (Å²) >= 11 is 0. The van der Waals surface area contributed by atoms with E-state index in [1.165, 1.54) is 11.1 Å². The fraction of sp³-hybridized carbons (Fsp3) is 0.294. The lowest BCUT2D eigenvalue weighted by atomic mass is 9.92. The van der Waals surface area contributed by atoms with Crippen LogP contribution in [0.1, 0.15) is 39.5 Å². The number of hydrogen-bond acceptors (Lipinski definition) is 1. The standard InChI is InChI=1S/C17H20O/c1-11-8-9-15(10-14(11)4)17(18)16-12(2)6-5-7-13(16)3/h5-10,17-18H,1-4H3. The minimum atomic E-state index is -0.537. The maximum Gasteiger partial charge on any atom is 0.105 e. The molecular weight excluding hydrogens is 220 g/mol. The molecule has 94 valence electrons. The summed E-state index contributed by atoms with van der Waals surface area (Å²) in [6.07, 6.45) is -0.537. The zero-order chi connectivity index (χ0) is 13.3. The van der Waals surface area contributed by atoms with Gasteiger partial charge in [0, 0.05) is 0 Å². The summed E-state index contributed by atoms with van der Waals surface area (Å²) in [7, 11) is 0. The molecule has 0 saturated carbocycles. The summed E-state index contributed by atoms with van der Waals surface area (Å²) in [6, 6.07) is 12.3. The Morgan fingerprint density at radius 1 is 0.778 bits per heavy atom. The van der Waals surface area contributed by atoms with Crippen LogP contribution in [-0.4, -0.2) is 5.11 Å². The summed E-state index contributed by atoms with van der Waals surface area (Å²) in [6.45, 7) is 8.26. The van der Waals surface area contributed by atoms with E-state index in [0.717, 1.165) is 22.3 Å². The van der Waals surface area contributed by atoms with Crippen LogP contribution in [-0.2, 0) is 0 Å². The molecule has 1 N–H and O–H groups in total. The Morgan fingerprint density at radius 2 is 1.39 bits per heavy atom. The molecule has 0 aliphatic heterocycles. The van der Waals surface area contributed by atoms with Crippen molar-refractivity contribution < 1.29 is 5.11 Å². The molecule has 2 aromatic rings. The van der Waals surface area contributed by atoms with Gasteiger partial charge in [0.05, 0.1) is 0 Å². The average Bonchev–Trinajstić information content (AvgIpc) is 2.32. The van der Waals surface area contributed by atoms with Gasteiger partial charge in [-0.05, 0) is 61.1 Å². The van der Waals surface area contributed by atoms with E-state index in [9.17, 15) is 5.11 Å². The van der Waals surface area contributed by atoms with Gasteiger partial charge in [0.2, 0.25) is 0 Å². The molecule has 1 unspecified atom stereocenters. The van der Waals surface area contributed by atoms with E-state index in [0.29, 0.717) is 0 Å². The van der Waals surface area contributed by atoms with Crippen LogP contribution in [0.15, 0.2) is 36.4 Å². The number of hydrogen-bond donors (Lipinski definition) is 1. The number of benzene rings is 2. The predicted octanol–water partition coefficient (Wildman–Crippen LogP) is 4.00. The zero-order valence-corrected chi connectivity index (χ0v) is 11.5. The van der Waals surface area contributed by atoms with Gasteiger partial charge in [0.15, 0.2) is 0 Å². The van der Waals surface area contributed by atoms with Crippen molar-refractivity contribution in [3.63, 3.8) is 0 Å². The first-order chi connectivity index (χ1) is 8.50. The topological polar surface area (TPSA) is 20.2 Å². The lowest BCUT2D eigenvalue weighted by molar-refractivity contribution is 0.218. The molecule has 0 bridgehead atoms. The van der Waals surface area contributed by atoms with Crippen molar-refractivity contribution >= 4 is 0 Å². The molecule has 0 fully saturated rings. The van der Waals surface area contributed by atoms with Gasteiger partial charge in [-0.25, -0.2) is 0 Å². The van der Waals surface area contributed by atoms with E-state index in [-0.39, 0.29) is 0 Å². The number of rotatable bonds is 2. The average molecular weight is 240 g/mol. The zero-order valence-electron chi connectivity index (χ0n) is 11.5. The van der Waals surface area contributed by atoms with E-state index in [2.05, 4.69) is 26.0 Å². The lowest BCUT2D eigenvalue weighted by Crippen LogP contribution is -2.05. The molecule has 2 aromatic carbocycles. The van der Waals surface area contributed by atoms with Crippen LogP contribution in [0.2, 0.25) is 0 Å². The van der Waals surface area contributed by atoms with Gasteiger partial charge in [0.25, 0.3) is 0 Å². The molecule has 18 heavy (non-hydrogen) atoms. The normalized spacial score (nSPS) is 12.5. The highest BCUT2D eigenvalue weighted by Gasteiger charge is 2.15. The fourth-order valence-electron chi connectivity index (χ4n) is 2.36. The Kier molecular flexibility index (Phi) is 3.53. The van der Waals surface area contributed by atoms with Crippen molar-refractivity contribution in [1.82, 2.24) is 0 Å². The third kappa shape index (κ3) is 2.32. The second-order valence-corrected chi connectivity index (χ2v) is 5.05. The molecule has 0 spiro atoms. The van der Waals surface area contributed by atoms with Crippen LogP contribution < -0.4 is 0 Å². The minimum absolute atomic E-state index is 0.537. The summed E-state index contributed by atoms with van der Waals surface area (Å²) in [5.74, 6) is 0. The summed E-state index contributed by atoms with van der Waals surface area (Å²) < 4.78 is 0. The Bertz CT molecular complexity index is 550. The largest absolute Gasteiger partial charge is 0.384 e. The number of aliphatic hydroxyl groups is 1. The van der Waals surface area contributed by atoms with E-state index < -0.39 is 6.10 Å². The van der Waals surface area contributed by atoms with Crippen LogP contribution in [0.25, 0.3) is 0 Å². The van der Waals surface area contributed by atoms with Crippen LogP contribution in [0, 0.1) is 27.7 Å². The van der Waals surface area contributed by atoms with Crippen molar-refractivity contribution in [2.45, 2.75) is 33.8 Å². The van der Waals surface area contributed by atoms with E-state index in [1.807, 2.05) is 38.1 Å². The SMILES string of the molecule is Cc1ccc(C(O)c2c(C)cccc2C)cc1C. The first kappa shape index (κ1) is 12.8. The number of aryl methyl sites for hydroxylation is 4. The minimum Gasteiger partial charge on any atom is -0.384 e. The van der Waals surface area contributed by atoms with Crippen molar-refractivity contribution in [3.05, 3.63) is 69.8 Å². The predicted molar refractivity (Wildman–Crippen MR) is 75.9 cm³/mol. The molecular formula is C17H20O. The van der Waals surface area contributed by atoms with Crippen LogP contribution in [0.4, 0.5) is 0 Å². The van der Waals surface area contributed by atoms with Crippen molar-refractivity contribution in [3.8, 4) is 0 Å². The van der Waals surface area contributed by atoms with Crippen molar-refractivity contribution in [2.24, 2.45) is 0 Å². The fourth-order valence-corrected chi connectivity index (χ4v) is 2.36. The number of aliphatic hydroxyl groups excluding tert-OH is 1. The van der Waals surface area contributed by atoms with Crippen LogP contribution >= 0.6 is 0 Å². The van der Waals surface area contributed by atoms with Crippen molar-refractivity contribution in [1.29, 1.82) is 0 Å². The molecule has 1 heteroatoms. The van der Waals surface area contributed by atoms with E-state index in [4.69, 9.17) is 0 Å². The first-order valence-electron chi connectivity index (χ1n) is 6.32. The third-order valence-corrected chi connectivity index (χ3v) is 3.66. The summed E-state index contributed by atoms with van der Waals surface area (Å²) in [5.41, 5.74) is 6.75. The maximum absolute atomic E-state index is 10.6. The first-order valence-corrected chi connectivity index (χ1v) is 6.32. The molecule has 0 heterocycles. The highest BCUT2D eigenvalue weighted by atomic mass is 16.3. The molecule has 2 rings (SSSR count). The van der Waals surface area contributed by atoms with Crippen LogP contribution in [0.3, 0.4) is 0 Å².